The number of halogens is 2. The van der Waals surface area contributed by atoms with E-state index in [-0.39, 0.29) is 53.5 Å². The molecule has 0 aliphatic rings. The molecule has 5 rings (SSSR count). The first-order valence-corrected chi connectivity index (χ1v) is 13.2. The molecule has 11 heteroatoms. The number of aliphatic hydroxyl groups excluding tert-OH is 1. The highest BCUT2D eigenvalue weighted by Gasteiger charge is 2.18. The van der Waals surface area contributed by atoms with Gasteiger partial charge in [0.25, 0.3) is 0 Å². The smallest absolute Gasteiger partial charge is 0.335 e. The van der Waals surface area contributed by atoms with Crippen molar-refractivity contribution in [2.75, 3.05) is 13.7 Å². The van der Waals surface area contributed by atoms with Gasteiger partial charge in [0.2, 0.25) is 5.88 Å². The minimum atomic E-state index is -1.06. The summed E-state index contributed by atoms with van der Waals surface area (Å²) in [4.78, 5) is 20.6. The van der Waals surface area contributed by atoms with E-state index in [1.807, 2.05) is 10.6 Å². The van der Waals surface area contributed by atoms with Crippen molar-refractivity contribution in [2.45, 2.75) is 26.2 Å². The third-order valence-electron chi connectivity index (χ3n) is 6.96. The van der Waals surface area contributed by atoms with Crippen LogP contribution in [0.5, 0.6) is 5.88 Å². The summed E-state index contributed by atoms with van der Waals surface area (Å²) < 4.78 is 42.5. The summed E-state index contributed by atoms with van der Waals surface area (Å²) >= 11 is 0. The Morgan fingerprint density at radius 1 is 1.00 bits per heavy atom. The third kappa shape index (κ3) is 6.35. The lowest BCUT2D eigenvalue weighted by atomic mass is 9.99. The van der Waals surface area contributed by atoms with Crippen molar-refractivity contribution in [1.29, 1.82) is 5.26 Å². The molecule has 0 unspecified atom stereocenters. The molecule has 0 amide bonds. The molecular weight excluding hydrogens is 558 g/mol. The van der Waals surface area contributed by atoms with E-state index in [1.165, 1.54) is 36.4 Å². The minimum Gasteiger partial charge on any atom is -0.478 e. The van der Waals surface area contributed by atoms with Crippen molar-refractivity contribution >= 4 is 17.0 Å². The van der Waals surface area contributed by atoms with Crippen LogP contribution in [0.4, 0.5) is 8.78 Å². The fourth-order valence-electron chi connectivity index (χ4n) is 4.74. The van der Waals surface area contributed by atoms with Crippen molar-refractivity contribution in [3.05, 3.63) is 112 Å². The fourth-order valence-corrected chi connectivity index (χ4v) is 4.74. The van der Waals surface area contributed by atoms with Gasteiger partial charge < -0.3 is 24.3 Å². The maximum absolute atomic E-state index is 15.6. The second-order valence-corrected chi connectivity index (χ2v) is 9.68. The number of aromatic nitrogens is 3. The van der Waals surface area contributed by atoms with Crippen molar-refractivity contribution in [3.63, 3.8) is 0 Å². The Bertz CT molecular complexity index is 1870. The number of nitriles is 1. The number of imidazole rings is 1. The zero-order valence-corrected chi connectivity index (χ0v) is 23.1. The number of ether oxygens (including phenoxy) is 2. The molecule has 2 heterocycles. The quantitative estimate of drug-likeness (QED) is 0.215. The number of hydrogen-bond donors (Lipinski definition) is 2. The lowest BCUT2D eigenvalue weighted by Crippen LogP contribution is -2.10. The Hall–Kier alpha value is -5.18. The van der Waals surface area contributed by atoms with Gasteiger partial charge in [0.1, 0.15) is 24.1 Å². The molecule has 0 atom stereocenters. The molecule has 0 saturated carbocycles. The van der Waals surface area contributed by atoms with E-state index in [0.29, 0.717) is 41.1 Å². The van der Waals surface area contributed by atoms with Gasteiger partial charge in [0.15, 0.2) is 0 Å². The van der Waals surface area contributed by atoms with Gasteiger partial charge >= 0.3 is 5.97 Å². The Kier molecular flexibility index (Phi) is 8.71. The SMILES string of the molecule is COCCn1c(Cc2cc(F)c(-c3cccc(OCc4ccc(C#N)cc4F)n3)cc2CO)nc2ccc(C(=O)O)cc21. The van der Waals surface area contributed by atoms with E-state index in [9.17, 15) is 19.4 Å². The van der Waals surface area contributed by atoms with E-state index < -0.39 is 17.6 Å². The largest absolute Gasteiger partial charge is 0.478 e. The van der Waals surface area contributed by atoms with Crippen LogP contribution in [0.2, 0.25) is 0 Å². The molecule has 0 saturated heterocycles. The molecule has 2 aromatic heterocycles. The molecule has 5 aromatic rings. The van der Waals surface area contributed by atoms with Gasteiger partial charge in [-0.2, -0.15) is 5.26 Å². The Labute approximate surface area is 245 Å². The van der Waals surface area contributed by atoms with Gasteiger partial charge in [-0.05, 0) is 59.7 Å². The maximum Gasteiger partial charge on any atom is 0.335 e. The van der Waals surface area contributed by atoms with Crippen LogP contribution < -0.4 is 4.74 Å². The van der Waals surface area contributed by atoms with Gasteiger partial charge in [-0.25, -0.2) is 23.5 Å². The van der Waals surface area contributed by atoms with Crippen LogP contribution in [0.15, 0.2) is 66.7 Å². The number of nitrogens with zero attached hydrogens (tertiary/aromatic N) is 4. The Morgan fingerprint density at radius 2 is 1.84 bits per heavy atom. The Balaban J connectivity index is 1.43. The minimum absolute atomic E-state index is 0.116. The van der Waals surface area contributed by atoms with Crippen molar-refractivity contribution < 1.29 is 33.3 Å². The van der Waals surface area contributed by atoms with Crippen LogP contribution in [0.3, 0.4) is 0 Å². The summed E-state index contributed by atoms with van der Waals surface area (Å²) in [6, 6.07) is 18.2. The number of rotatable bonds is 11. The highest BCUT2D eigenvalue weighted by Crippen LogP contribution is 2.29. The molecule has 218 valence electrons. The summed E-state index contributed by atoms with van der Waals surface area (Å²) in [6.07, 6.45) is 0.167. The molecule has 2 N–H and O–H groups in total. The first-order chi connectivity index (χ1) is 20.8. The predicted octanol–water partition coefficient (Wildman–Crippen LogP) is 5.25. The van der Waals surface area contributed by atoms with Gasteiger partial charge in [-0.3, -0.25) is 0 Å². The first-order valence-electron chi connectivity index (χ1n) is 13.2. The van der Waals surface area contributed by atoms with E-state index >= 15 is 4.39 Å². The number of methoxy groups -OCH3 is 1. The standard InChI is InChI=1S/C32H26F2N4O5/c1-42-10-9-38-29-14-20(32(40)41)7-8-28(29)36-30(38)15-22-13-26(34)24(12-23(22)17-39)27-3-2-4-31(37-27)43-18-21-6-5-19(16-35)11-25(21)33/h2-8,11-14,39H,9-10,15,17-18H2,1H3,(H,40,41). The molecule has 0 aliphatic heterocycles. The summed E-state index contributed by atoms with van der Waals surface area (Å²) in [6.45, 7) is 0.217. The number of carboxylic acids is 1. The predicted molar refractivity (Wildman–Crippen MR) is 152 cm³/mol. The van der Waals surface area contributed by atoms with Crippen molar-refractivity contribution in [1.82, 2.24) is 14.5 Å². The Morgan fingerprint density at radius 3 is 2.56 bits per heavy atom. The van der Waals surface area contributed by atoms with E-state index in [0.717, 1.165) is 6.07 Å². The van der Waals surface area contributed by atoms with Gasteiger partial charge in [-0.1, -0.05) is 12.1 Å². The normalized spacial score (nSPS) is 11.0. The third-order valence-corrected chi connectivity index (χ3v) is 6.96. The fraction of sp³-hybridized carbons (Fsp3) is 0.188. The number of fused-ring (bicyclic) bond motifs is 1. The number of hydrogen-bond acceptors (Lipinski definition) is 7. The maximum atomic E-state index is 15.6. The van der Waals surface area contributed by atoms with Crippen LogP contribution in [-0.2, 0) is 30.9 Å². The number of pyridine rings is 1. The zero-order valence-electron chi connectivity index (χ0n) is 23.1. The number of carboxylic acid groups (broad SMARTS) is 1. The summed E-state index contributed by atoms with van der Waals surface area (Å²) in [5, 5.41) is 28.6. The summed E-state index contributed by atoms with van der Waals surface area (Å²) in [7, 11) is 1.55. The molecule has 0 bridgehead atoms. The van der Waals surface area contributed by atoms with Crippen LogP contribution in [0.1, 0.15) is 38.4 Å². The molecule has 3 aromatic carbocycles. The van der Waals surface area contributed by atoms with Crippen LogP contribution >= 0.6 is 0 Å². The molecule has 43 heavy (non-hydrogen) atoms. The highest BCUT2D eigenvalue weighted by molar-refractivity contribution is 5.92. The topological polar surface area (TPSA) is 130 Å². The monoisotopic (exact) mass is 584 g/mol. The second-order valence-electron chi connectivity index (χ2n) is 9.68. The van der Waals surface area contributed by atoms with Gasteiger partial charge in [-0.15, -0.1) is 0 Å². The summed E-state index contributed by atoms with van der Waals surface area (Å²) in [5.74, 6) is -1.53. The molecule has 0 fully saturated rings. The van der Waals surface area contributed by atoms with Crippen LogP contribution in [-0.4, -0.2) is 44.4 Å². The molecule has 0 spiro atoms. The number of benzene rings is 3. The molecule has 9 nitrogen and oxygen atoms in total. The number of aliphatic hydroxyl groups is 1. The van der Waals surface area contributed by atoms with Crippen molar-refractivity contribution in [2.24, 2.45) is 0 Å². The first kappa shape index (κ1) is 29.3. The lowest BCUT2D eigenvalue weighted by molar-refractivity contribution is 0.0697. The van der Waals surface area contributed by atoms with Crippen LogP contribution in [0, 0.1) is 23.0 Å². The lowest BCUT2D eigenvalue weighted by Gasteiger charge is -2.14. The van der Waals surface area contributed by atoms with E-state index in [2.05, 4.69) is 9.97 Å². The molecular formula is C32H26F2N4O5. The van der Waals surface area contributed by atoms with E-state index in [4.69, 9.17) is 14.7 Å². The van der Waals surface area contributed by atoms with Crippen molar-refractivity contribution in [3.8, 4) is 23.2 Å². The zero-order chi connectivity index (χ0) is 30.5. The average molecular weight is 585 g/mol. The van der Waals surface area contributed by atoms with Gasteiger partial charge in [0.05, 0.1) is 47.1 Å². The molecule has 0 aliphatic carbocycles. The number of aromatic carboxylic acids is 1. The highest BCUT2D eigenvalue weighted by atomic mass is 19.1. The van der Waals surface area contributed by atoms with E-state index in [1.54, 1.807) is 31.4 Å². The molecule has 0 radical (unpaired) electrons. The number of carbonyl (C=O) groups is 1. The second kappa shape index (κ2) is 12.8. The average Bonchev–Trinajstić information content (AvgIpc) is 3.35. The summed E-state index contributed by atoms with van der Waals surface area (Å²) in [5.41, 5.74) is 3.09. The van der Waals surface area contributed by atoms with Gasteiger partial charge in [0, 0.05) is 37.3 Å². The van der Waals surface area contributed by atoms with Crippen LogP contribution in [0.25, 0.3) is 22.3 Å².